The Morgan fingerprint density at radius 2 is 1.81 bits per heavy atom. The van der Waals surface area contributed by atoms with Crippen molar-refractivity contribution in [1.82, 2.24) is 0 Å². The van der Waals surface area contributed by atoms with E-state index in [0.717, 1.165) is 0 Å². The van der Waals surface area contributed by atoms with E-state index in [1.54, 1.807) is 0 Å². The third-order valence-electron chi connectivity index (χ3n) is 1.80. The smallest absolute Gasteiger partial charge is 0.333 e. The highest BCUT2D eigenvalue weighted by atomic mass is 19.1. The normalized spacial score (nSPS) is 10.0. The molecule has 0 unspecified atom stereocenters. The Balaban J connectivity index is 2.82. The molecule has 0 aromatic heterocycles. The summed E-state index contributed by atoms with van der Waals surface area (Å²) in [6.07, 6.45) is 0. The fourth-order valence-corrected chi connectivity index (χ4v) is 0.971. The Kier molecular flexibility index (Phi) is 3.71. The predicted octanol–water partition coefficient (Wildman–Crippen LogP) is 2.72. The molecule has 0 N–H and O–H groups in total. The first-order chi connectivity index (χ1) is 7.41. The van der Waals surface area contributed by atoms with Gasteiger partial charge < -0.3 is 4.74 Å². The van der Waals surface area contributed by atoms with Gasteiger partial charge in [0, 0.05) is 17.7 Å². The monoisotopic (exact) mass is 230 g/mol. The van der Waals surface area contributed by atoms with Crippen molar-refractivity contribution in [3.05, 3.63) is 47.3 Å². The van der Waals surface area contributed by atoms with Gasteiger partial charge in [-0.3, -0.25) is 0 Å². The summed E-state index contributed by atoms with van der Waals surface area (Å²) in [6.45, 7) is 4.11. The minimum Gasteiger partial charge on any atom is -0.457 e. The van der Waals surface area contributed by atoms with Crippen molar-refractivity contribution in [3.63, 3.8) is 0 Å². The largest absolute Gasteiger partial charge is 0.457 e. The molecule has 16 heavy (non-hydrogen) atoms. The van der Waals surface area contributed by atoms with E-state index < -0.39 is 35.6 Å². The summed E-state index contributed by atoms with van der Waals surface area (Å²) in [6, 6.07) is 1.04. The number of carbonyl (C=O) groups excluding carboxylic acids is 1. The summed E-state index contributed by atoms with van der Waals surface area (Å²) in [7, 11) is 0. The predicted molar refractivity (Wildman–Crippen MR) is 50.9 cm³/mol. The van der Waals surface area contributed by atoms with Crippen LogP contribution in [-0.2, 0) is 16.1 Å². The van der Waals surface area contributed by atoms with E-state index in [4.69, 9.17) is 0 Å². The zero-order valence-corrected chi connectivity index (χ0v) is 8.52. The number of hydrogen-bond acceptors (Lipinski definition) is 2. The molecule has 1 rings (SSSR count). The zero-order valence-electron chi connectivity index (χ0n) is 8.52. The van der Waals surface area contributed by atoms with E-state index in [9.17, 15) is 18.0 Å². The van der Waals surface area contributed by atoms with E-state index in [2.05, 4.69) is 11.3 Å². The second kappa shape index (κ2) is 4.83. The fraction of sp³-hybridized carbons (Fsp3) is 0.182. The van der Waals surface area contributed by atoms with E-state index >= 15 is 0 Å². The lowest BCUT2D eigenvalue weighted by molar-refractivity contribution is -0.140. The van der Waals surface area contributed by atoms with Crippen LogP contribution in [0.1, 0.15) is 12.5 Å². The number of halogens is 3. The van der Waals surface area contributed by atoms with Crippen LogP contribution in [0.5, 0.6) is 0 Å². The Hall–Kier alpha value is -1.78. The van der Waals surface area contributed by atoms with E-state index in [1.165, 1.54) is 6.92 Å². The molecule has 0 aliphatic rings. The Bertz CT molecular complexity index is 418. The lowest BCUT2D eigenvalue weighted by atomic mass is 10.2. The van der Waals surface area contributed by atoms with Gasteiger partial charge in [0.15, 0.2) is 0 Å². The molecule has 0 aliphatic heterocycles. The van der Waals surface area contributed by atoms with Gasteiger partial charge in [-0.05, 0) is 6.92 Å². The number of esters is 1. The first-order valence-corrected chi connectivity index (χ1v) is 4.38. The second-order valence-corrected chi connectivity index (χ2v) is 3.20. The van der Waals surface area contributed by atoms with Crippen molar-refractivity contribution in [2.75, 3.05) is 0 Å². The minimum atomic E-state index is -1.09. The van der Waals surface area contributed by atoms with Gasteiger partial charge in [0.25, 0.3) is 0 Å². The lowest BCUT2D eigenvalue weighted by Gasteiger charge is -2.06. The lowest BCUT2D eigenvalue weighted by Crippen LogP contribution is -2.07. The highest BCUT2D eigenvalue weighted by molar-refractivity contribution is 5.86. The molecule has 0 heterocycles. The van der Waals surface area contributed by atoms with Crippen LogP contribution < -0.4 is 0 Å². The van der Waals surface area contributed by atoms with Gasteiger partial charge in [-0.2, -0.15) is 0 Å². The molecular weight excluding hydrogens is 221 g/mol. The highest BCUT2D eigenvalue weighted by Crippen LogP contribution is 2.16. The summed E-state index contributed by atoms with van der Waals surface area (Å²) >= 11 is 0. The number of benzene rings is 1. The molecule has 0 aliphatic carbocycles. The fourth-order valence-electron chi connectivity index (χ4n) is 0.971. The first kappa shape index (κ1) is 12.3. The van der Waals surface area contributed by atoms with Gasteiger partial charge in [-0.1, -0.05) is 6.58 Å². The summed E-state index contributed by atoms with van der Waals surface area (Å²) in [5.41, 5.74) is -0.376. The van der Waals surface area contributed by atoms with Crippen molar-refractivity contribution in [1.29, 1.82) is 0 Å². The van der Waals surface area contributed by atoms with Crippen molar-refractivity contribution in [2.45, 2.75) is 13.5 Å². The average Bonchev–Trinajstić information content (AvgIpc) is 2.15. The molecule has 1 aromatic rings. The second-order valence-electron chi connectivity index (χ2n) is 3.20. The molecule has 0 atom stereocenters. The maximum atomic E-state index is 13.1. The number of rotatable bonds is 3. The Labute approximate surface area is 90.3 Å². The van der Waals surface area contributed by atoms with Crippen molar-refractivity contribution >= 4 is 5.97 Å². The third kappa shape index (κ3) is 2.85. The molecule has 5 heteroatoms. The van der Waals surface area contributed by atoms with Gasteiger partial charge >= 0.3 is 5.97 Å². The van der Waals surface area contributed by atoms with Crippen LogP contribution in [0.3, 0.4) is 0 Å². The quantitative estimate of drug-likeness (QED) is 0.589. The summed E-state index contributed by atoms with van der Waals surface area (Å²) < 4.78 is 43.2. The van der Waals surface area contributed by atoms with Crippen LogP contribution in [-0.4, -0.2) is 5.97 Å². The topological polar surface area (TPSA) is 26.3 Å². The summed E-state index contributed by atoms with van der Waals surface area (Å²) in [5, 5.41) is 0. The molecule has 2 nitrogen and oxygen atoms in total. The SMILES string of the molecule is C=C(C)C(=O)OCc1c(F)cc(F)cc1F. The standard InChI is InChI=1S/C11H9F3O2/c1-6(2)11(15)16-5-8-9(13)3-7(12)4-10(8)14/h3-4H,1,5H2,2H3. The summed E-state index contributed by atoms with van der Waals surface area (Å²) in [4.78, 5) is 11.0. The molecule has 0 saturated heterocycles. The molecule has 0 spiro atoms. The van der Waals surface area contributed by atoms with Crippen molar-refractivity contribution in [3.8, 4) is 0 Å². The van der Waals surface area contributed by atoms with Gasteiger partial charge in [0.1, 0.15) is 24.1 Å². The molecule has 1 aromatic carbocycles. The molecule has 0 amide bonds. The van der Waals surface area contributed by atoms with E-state index in [-0.39, 0.29) is 5.57 Å². The van der Waals surface area contributed by atoms with Crippen molar-refractivity contribution < 1.29 is 22.7 Å². The Morgan fingerprint density at radius 3 is 2.25 bits per heavy atom. The van der Waals surface area contributed by atoms with Crippen LogP contribution in [0.15, 0.2) is 24.3 Å². The molecule has 0 saturated carbocycles. The summed E-state index contributed by atoms with van der Waals surface area (Å²) in [5.74, 6) is -3.97. The van der Waals surface area contributed by atoms with Crippen LogP contribution in [0.4, 0.5) is 13.2 Å². The van der Waals surface area contributed by atoms with Crippen LogP contribution >= 0.6 is 0 Å². The molecular formula is C11H9F3O2. The van der Waals surface area contributed by atoms with Crippen molar-refractivity contribution in [2.24, 2.45) is 0 Å². The van der Waals surface area contributed by atoms with E-state index in [0.29, 0.717) is 12.1 Å². The molecule has 0 bridgehead atoms. The van der Waals surface area contributed by atoms with Gasteiger partial charge in [0.05, 0.1) is 5.56 Å². The van der Waals surface area contributed by atoms with Crippen LogP contribution in [0.2, 0.25) is 0 Å². The molecule has 0 fully saturated rings. The minimum absolute atomic E-state index is 0.114. The van der Waals surface area contributed by atoms with Gasteiger partial charge in [-0.15, -0.1) is 0 Å². The molecule has 86 valence electrons. The molecule has 0 radical (unpaired) electrons. The maximum Gasteiger partial charge on any atom is 0.333 e. The van der Waals surface area contributed by atoms with Crippen LogP contribution in [0, 0.1) is 17.5 Å². The average molecular weight is 230 g/mol. The third-order valence-corrected chi connectivity index (χ3v) is 1.80. The highest BCUT2D eigenvalue weighted by Gasteiger charge is 2.13. The van der Waals surface area contributed by atoms with Gasteiger partial charge in [0.2, 0.25) is 0 Å². The maximum absolute atomic E-state index is 13.1. The van der Waals surface area contributed by atoms with Crippen LogP contribution in [0.25, 0.3) is 0 Å². The van der Waals surface area contributed by atoms with Gasteiger partial charge in [-0.25, -0.2) is 18.0 Å². The number of carbonyl (C=O) groups is 1. The zero-order chi connectivity index (χ0) is 12.3. The Morgan fingerprint density at radius 1 is 1.31 bits per heavy atom. The first-order valence-electron chi connectivity index (χ1n) is 4.38. The number of ether oxygens (including phenoxy) is 1. The number of hydrogen-bond donors (Lipinski definition) is 0. The van der Waals surface area contributed by atoms with E-state index in [1.807, 2.05) is 0 Å².